The standard InChI is InChI=1S/C16H9F3N2O3S/c17-16(18,19)8-3-4-13-10(6-8)11-7-12(22)9-2-1-5-20-14(9)15(11)21-25(13,23)24/h1-7,21-22H. The first-order chi connectivity index (χ1) is 11.7. The molecule has 0 amide bonds. The molecule has 0 saturated carbocycles. The number of aromatic nitrogens is 1. The van der Waals surface area contributed by atoms with Gasteiger partial charge in [0.25, 0.3) is 10.0 Å². The lowest BCUT2D eigenvalue weighted by Crippen LogP contribution is -2.20. The van der Waals surface area contributed by atoms with Crippen LogP contribution in [0.5, 0.6) is 5.75 Å². The van der Waals surface area contributed by atoms with E-state index in [0.29, 0.717) is 11.5 Å². The van der Waals surface area contributed by atoms with Crippen LogP contribution >= 0.6 is 0 Å². The zero-order valence-electron chi connectivity index (χ0n) is 12.3. The van der Waals surface area contributed by atoms with Crippen molar-refractivity contribution < 1.29 is 26.7 Å². The van der Waals surface area contributed by atoms with Crippen molar-refractivity contribution in [2.75, 3.05) is 4.72 Å². The Balaban J connectivity index is 2.13. The highest BCUT2D eigenvalue weighted by molar-refractivity contribution is 7.93. The molecule has 1 aromatic heterocycles. The fraction of sp³-hybridized carbons (Fsp3) is 0.0625. The summed E-state index contributed by atoms with van der Waals surface area (Å²) in [6, 6.07) is 6.71. The number of nitrogens with one attached hydrogen (secondary N) is 1. The van der Waals surface area contributed by atoms with E-state index in [-0.39, 0.29) is 33.0 Å². The second-order valence-electron chi connectivity index (χ2n) is 5.53. The highest BCUT2D eigenvalue weighted by atomic mass is 32.2. The Kier molecular flexibility index (Phi) is 3.05. The fourth-order valence-corrected chi connectivity index (χ4v) is 4.17. The van der Waals surface area contributed by atoms with Gasteiger partial charge in [0.1, 0.15) is 5.75 Å². The molecule has 3 aromatic rings. The predicted octanol–water partition coefficient (Wildman–Crippen LogP) is 3.74. The molecule has 0 unspecified atom stereocenters. The largest absolute Gasteiger partial charge is 0.507 e. The fourth-order valence-electron chi connectivity index (χ4n) is 2.88. The summed E-state index contributed by atoms with van der Waals surface area (Å²) in [5, 5.41) is 10.5. The van der Waals surface area contributed by atoms with E-state index in [2.05, 4.69) is 9.71 Å². The minimum absolute atomic E-state index is 0.0419. The molecule has 128 valence electrons. The lowest BCUT2D eigenvalue weighted by atomic mass is 9.98. The van der Waals surface area contributed by atoms with Crippen LogP contribution in [-0.4, -0.2) is 18.5 Å². The van der Waals surface area contributed by atoms with E-state index < -0.39 is 21.8 Å². The lowest BCUT2D eigenvalue weighted by molar-refractivity contribution is -0.137. The summed E-state index contributed by atoms with van der Waals surface area (Å²) in [6.07, 6.45) is -3.22. The van der Waals surface area contributed by atoms with E-state index >= 15 is 0 Å². The van der Waals surface area contributed by atoms with E-state index in [1.165, 1.54) is 18.3 Å². The molecule has 0 spiro atoms. The summed E-state index contributed by atoms with van der Waals surface area (Å²) >= 11 is 0. The van der Waals surface area contributed by atoms with Gasteiger partial charge in [-0.15, -0.1) is 0 Å². The topological polar surface area (TPSA) is 79.3 Å². The Labute approximate surface area is 139 Å². The van der Waals surface area contributed by atoms with Crippen LogP contribution in [0, 0.1) is 0 Å². The van der Waals surface area contributed by atoms with Crippen molar-refractivity contribution in [2.45, 2.75) is 11.1 Å². The second kappa shape index (κ2) is 4.85. The van der Waals surface area contributed by atoms with Gasteiger partial charge in [-0.1, -0.05) is 0 Å². The maximum absolute atomic E-state index is 13.0. The molecule has 0 atom stereocenters. The number of pyridine rings is 1. The highest BCUT2D eigenvalue weighted by Crippen LogP contribution is 2.46. The van der Waals surface area contributed by atoms with E-state index in [1.807, 2.05) is 0 Å². The van der Waals surface area contributed by atoms with Crippen molar-refractivity contribution in [3.05, 3.63) is 48.2 Å². The molecule has 9 heteroatoms. The van der Waals surface area contributed by atoms with Gasteiger partial charge in [-0.25, -0.2) is 8.42 Å². The number of phenolic OH excluding ortho intramolecular Hbond substituents is 1. The smallest absolute Gasteiger partial charge is 0.416 e. The molecule has 4 rings (SSSR count). The first-order valence-corrected chi connectivity index (χ1v) is 8.52. The Bertz CT molecular complexity index is 1140. The average Bonchev–Trinajstić information content (AvgIpc) is 2.55. The van der Waals surface area contributed by atoms with Crippen LogP contribution in [-0.2, 0) is 16.2 Å². The molecule has 25 heavy (non-hydrogen) atoms. The van der Waals surface area contributed by atoms with Gasteiger partial charge in [-0.2, -0.15) is 13.2 Å². The summed E-state index contributed by atoms with van der Waals surface area (Å²) in [5.41, 5.74) is -0.773. The van der Waals surface area contributed by atoms with Crippen molar-refractivity contribution in [1.29, 1.82) is 0 Å². The Morgan fingerprint density at radius 3 is 2.56 bits per heavy atom. The first-order valence-electron chi connectivity index (χ1n) is 7.03. The van der Waals surface area contributed by atoms with Crippen LogP contribution in [0.4, 0.5) is 18.9 Å². The number of benzene rings is 2. The molecule has 2 aromatic carbocycles. The first kappa shape index (κ1) is 15.7. The van der Waals surface area contributed by atoms with Gasteiger partial charge in [0, 0.05) is 22.7 Å². The van der Waals surface area contributed by atoms with Crippen LogP contribution in [0.15, 0.2) is 47.5 Å². The van der Waals surface area contributed by atoms with Gasteiger partial charge in [-0.3, -0.25) is 9.71 Å². The van der Waals surface area contributed by atoms with Crippen LogP contribution in [0.1, 0.15) is 5.56 Å². The van der Waals surface area contributed by atoms with E-state index in [1.54, 1.807) is 6.07 Å². The van der Waals surface area contributed by atoms with Gasteiger partial charge >= 0.3 is 6.18 Å². The average molecular weight is 366 g/mol. The minimum Gasteiger partial charge on any atom is -0.507 e. The second-order valence-corrected chi connectivity index (χ2v) is 7.18. The van der Waals surface area contributed by atoms with Crippen molar-refractivity contribution >= 4 is 26.6 Å². The van der Waals surface area contributed by atoms with Gasteiger partial charge in [0.15, 0.2) is 0 Å². The molecule has 0 bridgehead atoms. The number of sulfonamides is 1. The molecular weight excluding hydrogens is 357 g/mol. The third kappa shape index (κ3) is 2.30. The molecule has 0 fully saturated rings. The molecule has 1 aliphatic rings. The van der Waals surface area contributed by atoms with E-state index in [0.717, 1.165) is 12.1 Å². The molecule has 2 heterocycles. The van der Waals surface area contributed by atoms with Crippen LogP contribution in [0.2, 0.25) is 0 Å². The molecule has 0 radical (unpaired) electrons. The monoisotopic (exact) mass is 366 g/mol. The van der Waals surface area contributed by atoms with Gasteiger partial charge in [0.05, 0.1) is 21.7 Å². The van der Waals surface area contributed by atoms with Crippen molar-refractivity contribution in [3.63, 3.8) is 0 Å². The molecule has 1 aliphatic heterocycles. The molecular formula is C16H9F3N2O3S. The number of halogens is 3. The van der Waals surface area contributed by atoms with E-state index in [4.69, 9.17) is 0 Å². The summed E-state index contributed by atoms with van der Waals surface area (Å²) < 4.78 is 66.3. The summed E-state index contributed by atoms with van der Waals surface area (Å²) in [4.78, 5) is 3.77. The number of anilines is 1. The van der Waals surface area contributed by atoms with Crippen molar-refractivity contribution in [1.82, 2.24) is 4.98 Å². The van der Waals surface area contributed by atoms with Crippen molar-refractivity contribution in [2.24, 2.45) is 0 Å². The van der Waals surface area contributed by atoms with Gasteiger partial charge in [0.2, 0.25) is 0 Å². The number of phenols is 1. The zero-order chi connectivity index (χ0) is 18.0. The van der Waals surface area contributed by atoms with Gasteiger partial charge < -0.3 is 5.11 Å². The van der Waals surface area contributed by atoms with E-state index in [9.17, 15) is 26.7 Å². The summed E-state index contributed by atoms with van der Waals surface area (Å²) in [5.74, 6) is -0.202. The van der Waals surface area contributed by atoms with Crippen LogP contribution < -0.4 is 4.72 Å². The number of alkyl halides is 3. The third-order valence-corrected chi connectivity index (χ3v) is 5.40. The number of aromatic hydroxyl groups is 1. The Morgan fingerprint density at radius 2 is 1.84 bits per heavy atom. The molecule has 0 aliphatic carbocycles. The Hall–Kier alpha value is -2.81. The highest BCUT2D eigenvalue weighted by Gasteiger charge is 2.35. The quantitative estimate of drug-likeness (QED) is 0.594. The number of fused-ring (bicyclic) bond motifs is 5. The third-order valence-electron chi connectivity index (χ3n) is 3.99. The van der Waals surface area contributed by atoms with Crippen LogP contribution in [0.3, 0.4) is 0 Å². The SMILES string of the molecule is O=S1(=O)Nc2c(cc(O)c3cccnc23)-c2cc(C(F)(F)F)ccc21. The maximum Gasteiger partial charge on any atom is 0.416 e. The number of hydrogen-bond acceptors (Lipinski definition) is 4. The number of hydrogen-bond donors (Lipinski definition) is 2. The summed E-state index contributed by atoms with van der Waals surface area (Å²) in [6.45, 7) is 0. The Morgan fingerprint density at radius 1 is 1.08 bits per heavy atom. The predicted molar refractivity (Wildman–Crippen MR) is 84.7 cm³/mol. The molecule has 2 N–H and O–H groups in total. The lowest BCUT2D eigenvalue weighted by Gasteiger charge is -2.24. The minimum atomic E-state index is -4.62. The molecule has 0 saturated heterocycles. The van der Waals surface area contributed by atoms with Gasteiger partial charge in [-0.05, 0) is 36.4 Å². The number of nitrogens with zero attached hydrogens (tertiary/aromatic N) is 1. The summed E-state index contributed by atoms with van der Waals surface area (Å²) in [7, 11) is -4.06. The maximum atomic E-state index is 13.0. The number of rotatable bonds is 0. The van der Waals surface area contributed by atoms with Crippen molar-refractivity contribution in [3.8, 4) is 16.9 Å². The zero-order valence-corrected chi connectivity index (χ0v) is 13.1. The van der Waals surface area contributed by atoms with Crippen LogP contribution in [0.25, 0.3) is 22.0 Å². The normalized spacial score (nSPS) is 15.3. The molecule has 5 nitrogen and oxygen atoms in total.